The van der Waals surface area contributed by atoms with Gasteiger partial charge in [-0.3, -0.25) is 4.90 Å². The van der Waals surface area contributed by atoms with Crippen LogP contribution in [0.15, 0.2) is 33.3 Å². The first-order valence-corrected chi connectivity index (χ1v) is 7.97. The minimum absolute atomic E-state index is 0.307. The number of halogens is 1. The maximum absolute atomic E-state index is 6.05. The number of likely N-dealkylation sites (tertiary alicyclic amines) is 1. The Kier molecular flexibility index (Phi) is 4.37. The summed E-state index contributed by atoms with van der Waals surface area (Å²) in [7, 11) is 0. The number of piperidine rings is 1. The Morgan fingerprint density at radius 3 is 3.10 bits per heavy atom. The SMILES string of the molecule is CC1CN(Cc2nc(-c3cccc(Br)c3)no2)CCC1N. The van der Waals surface area contributed by atoms with Crippen LogP contribution in [0, 0.1) is 5.92 Å². The number of benzene rings is 1. The summed E-state index contributed by atoms with van der Waals surface area (Å²) in [6.07, 6.45) is 1.02. The van der Waals surface area contributed by atoms with Crippen molar-refractivity contribution in [2.75, 3.05) is 13.1 Å². The average molecular weight is 351 g/mol. The van der Waals surface area contributed by atoms with Crippen LogP contribution in [-0.4, -0.2) is 34.2 Å². The predicted molar refractivity (Wildman–Crippen MR) is 84.5 cm³/mol. The summed E-state index contributed by atoms with van der Waals surface area (Å²) in [5, 5.41) is 4.07. The molecular weight excluding hydrogens is 332 g/mol. The lowest BCUT2D eigenvalue weighted by molar-refractivity contribution is 0.142. The molecule has 2 heterocycles. The highest BCUT2D eigenvalue weighted by Crippen LogP contribution is 2.21. The molecule has 6 heteroatoms. The third-order valence-corrected chi connectivity index (χ3v) is 4.46. The van der Waals surface area contributed by atoms with Crippen LogP contribution in [0.4, 0.5) is 0 Å². The molecule has 5 nitrogen and oxygen atoms in total. The van der Waals surface area contributed by atoms with E-state index in [-0.39, 0.29) is 0 Å². The van der Waals surface area contributed by atoms with Crippen LogP contribution in [0.1, 0.15) is 19.2 Å². The first-order valence-electron chi connectivity index (χ1n) is 7.18. The van der Waals surface area contributed by atoms with Gasteiger partial charge in [0.2, 0.25) is 11.7 Å². The van der Waals surface area contributed by atoms with E-state index in [0.717, 1.165) is 29.5 Å². The Balaban J connectivity index is 1.68. The van der Waals surface area contributed by atoms with Gasteiger partial charge >= 0.3 is 0 Å². The molecule has 2 atom stereocenters. The molecule has 1 fully saturated rings. The second-order valence-electron chi connectivity index (χ2n) is 5.69. The van der Waals surface area contributed by atoms with Crippen molar-refractivity contribution in [3.05, 3.63) is 34.6 Å². The van der Waals surface area contributed by atoms with E-state index in [0.29, 0.717) is 30.2 Å². The highest BCUT2D eigenvalue weighted by Gasteiger charge is 2.24. The van der Waals surface area contributed by atoms with Crippen LogP contribution < -0.4 is 5.73 Å². The van der Waals surface area contributed by atoms with Gasteiger partial charge in [-0.15, -0.1) is 0 Å². The monoisotopic (exact) mass is 350 g/mol. The van der Waals surface area contributed by atoms with Gasteiger partial charge in [0.05, 0.1) is 6.54 Å². The zero-order chi connectivity index (χ0) is 14.8. The Hall–Kier alpha value is -1.24. The highest BCUT2D eigenvalue weighted by molar-refractivity contribution is 9.10. The molecule has 1 saturated heterocycles. The summed E-state index contributed by atoms with van der Waals surface area (Å²) in [5.74, 6) is 1.80. The van der Waals surface area contributed by atoms with Gasteiger partial charge in [-0.25, -0.2) is 0 Å². The van der Waals surface area contributed by atoms with Crippen molar-refractivity contribution in [2.45, 2.75) is 25.9 Å². The summed E-state index contributed by atoms with van der Waals surface area (Å²) in [6.45, 7) is 4.85. The van der Waals surface area contributed by atoms with Gasteiger partial charge in [-0.05, 0) is 24.5 Å². The smallest absolute Gasteiger partial charge is 0.241 e. The zero-order valence-corrected chi connectivity index (χ0v) is 13.6. The lowest BCUT2D eigenvalue weighted by Gasteiger charge is -2.34. The van der Waals surface area contributed by atoms with Gasteiger partial charge in [-0.1, -0.05) is 40.1 Å². The molecule has 112 valence electrons. The van der Waals surface area contributed by atoms with E-state index in [4.69, 9.17) is 10.3 Å². The molecule has 2 unspecified atom stereocenters. The van der Waals surface area contributed by atoms with Gasteiger partial charge in [0, 0.05) is 29.2 Å². The zero-order valence-electron chi connectivity index (χ0n) is 12.0. The van der Waals surface area contributed by atoms with Crippen LogP contribution in [0.2, 0.25) is 0 Å². The van der Waals surface area contributed by atoms with Crippen LogP contribution in [0.25, 0.3) is 11.4 Å². The maximum atomic E-state index is 6.05. The molecule has 0 spiro atoms. The van der Waals surface area contributed by atoms with E-state index in [9.17, 15) is 0 Å². The summed E-state index contributed by atoms with van der Waals surface area (Å²) in [5.41, 5.74) is 7.00. The lowest BCUT2D eigenvalue weighted by Crippen LogP contribution is -2.45. The van der Waals surface area contributed by atoms with Gasteiger partial charge < -0.3 is 10.3 Å². The van der Waals surface area contributed by atoms with Crippen molar-refractivity contribution in [1.29, 1.82) is 0 Å². The standard InChI is InChI=1S/C15H19BrN4O/c1-10-8-20(6-5-13(10)17)9-14-18-15(19-21-14)11-3-2-4-12(16)7-11/h2-4,7,10,13H,5-6,8-9,17H2,1H3. The first-order chi connectivity index (χ1) is 10.1. The molecule has 0 radical (unpaired) electrons. The third-order valence-electron chi connectivity index (χ3n) is 3.97. The molecular formula is C15H19BrN4O. The molecule has 1 aliphatic heterocycles. The van der Waals surface area contributed by atoms with Gasteiger partial charge in [0.25, 0.3) is 0 Å². The summed E-state index contributed by atoms with van der Waals surface area (Å²) in [6, 6.07) is 8.20. The molecule has 0 saturated carbocycles. The topological polar surface area (TPSA) is 68.2 Å². The molecule has 2 N–H and O–H groups in total. The largest absolute Gasteiger partial charge is 0.338 e. The van der Waals surface area contributed by atoms with E-state index < -0.39 is 0 Å². The van der Waals surface area contributed by atoms with Crippen LogP contribution in [-0.2, 0) is 6.54 Å². The van der Waals surface area contributed by atoms with Gasteiger partial charge in [0.1, 0.15) is 0 Å². The Bertz CT molecular complexity index is 615. The fraction of sp³-hybridized carbons (Fsp3) is 0.467. The van der Waals surface area contributed by atoms with E-state index in [1.807, 2.05) is 24.3 Å². The average Bonchev–Trinajstić information content (AvgIpc) is 2.91. The van der Waals surface area contributed by atoms with Crippen LogP contribution in [0.5, 0.6) is 0 Å². The Morgan fingerprint density at radius 2 is 2.33 bits per heavy atom. The number of hydrogen-bond acceptors (Lipinski definition) is 5. The number of rotatable bonds is 3. The quantitative estimate of drug-likeness (QED) is 0.921. The van der Waals surface area contributed by atoms with Crippen molar-refractivity contribution >= 4 is 15.9 Å². The molecule has 0 bridgehead atoms. The Labute approximate surface area is 132 Å². The van der Waals surface area contributed by atoms with Crippen molar-refractivity contribution < 1.29 is 4.52 Å². The summed E-state index contributed by atoms with van der Waals surface area (Å²) >= 11 is 3.45. The number of nitrogens with two attached hydrogens (primary N) is 1. The molecule has 1 aromatic carbocycles. The number of hydrogen-bond donors (Lipinski definition) is 1. The van der Waals surface area contributed by atoms with E-state index in [1.54, 1.807) is 0 Å². The lowest BCUT2D eigenvalue weighted by atomic mass is 9.95. The van der Waals surface area contributed by atoms with Crippen LogP contribution >= 0.6 is 15.9 Å². The van der Waals surface area contributed by atoms with E-state index in [1.165, 1.54) is 0 Å². The molecule has 0 aliphatic carbocycles. The minimum Gasteiger partial charge on any atom is -0.338 e. The van der Waals surface area contributed by atoms with Crippen molar-refractivity contribution in [1.82, 2.24) is 15.0 Å². The molecule has 21 heavy (non-hydrogen) atoms. The molecule has 1 aromatic heterocycles. The van der Waals surface area contributed by atoms with Crippen molar-refractivity contribution in [3.63, 3.8) is 0 Å². The summed E-state index contributed by atoms with van der Waals surface area (Å²) in [4.78, 5) is 6.81. The maximum Gasteiger partial charge on any atom is 0.241 e. The first kappa shape index (κ1) is 14.7. The Morgan fingerprint density at radius 1 is 1.48 bits per heavy atom. The van der Waals surface area contributed by atoms with Gasteiger partial charge in [-0.2, -0.15) is 4.98 Å². The molecule has 2 aromatic rings. The molecule has 3 rings (SSSR count). The van der Waals surface area contributed by atoms with E-state index in [2.05, 4.69) is 37.9 Å². The highest BCUT2D eigenvalue weighted by atomic mass is 79.9. The predicted octanol–water partition coefficient (Wildman–Crippen LogP) is 2.67. The fourth-order valence-corrected chi connectivity index (χ4v) is 3.05. The molecule has 1 aliphatic rings. The van der Waals surface area contributed by atoms with Crippen LogP contribution in [0.3, 0.4) is 0 Å². The van der Waals surface area contributed by atoms with Gasteiger partial charge in [0.15, 0.2) is 0 Å². The number of aromatic nitrogens is 2. The number of nitrogens with zero attached hydrogens (tertiary/aromatic N) is 3. The normalized spacial score (nSPS) is 23.4. The molecule has 0 amide bonds. The summed E-state index contributed by atoms with van der Waals surface area (Å²) < 4.78 is 6.38. The second-order valence-corrected chi connectivity index (χ2v) is 6.60. The van der Waals surface area contributed by atoms with Crippen molar-refractivity contribution in [2.24, 2.45) is 11.7 Å². The third kappa shape index (κ3) is 3.51. The van der Waals surface area contributed by atoms with E-state index >= 15 is 0 Å². The second kappa shape index (κ2) is 6.25. The minimum atomic E-state index is 0.307. The fourth-order valence-electron chi connectivity index (χ4n) is 2.65. The van der Waals surface area contributed by atoms with Crippen molar-refractivity contribution in [3.8, 4) is 11.4 Å².